The van der Waals surface area contributed by atoms with Gasteiger partial charge in [-0.05, 0) is 54.7 Å². The van der Waals surface area contributed by atoms with E-state index in [-0.39, 0.29) is 18.5 Å². The van der Waals surface area contributed by atoms with Crippen molar-refractivity contribution in [2.24, 2.45) is 5.10 Å². The normalized spacial score (nSPS) is 15.7. The summed E-state index contributed by atoms with van der Waals surface area (Å²) < 4.78 is 16.7. The van der Waals surface area contributed by atoms with Crippen LogP contribution in [0.2, 0.25) is 0 Å². The van der Waals surface area contributed by atoms with Gasteiger partial charge < -0.3 is 13.9 Å². The van der Waals surface area contributed by atoms with Gasteiger partial charge in [0.2, 0.25) is 0 Å². The van der Waals surface area contributed by atoms with E-state index in [1.807, 2.05) is 61.7 Å². The van der Waals surface area contributed by atoms with E-state index in [9.17, 15) is 4.79 Å². The summed E-state index contributed by atoms with van der Waals surface area (Å²) in [6, 6.07) is 13.4. The van der Waals surface area contributed by atoms with Gasteiger partial charge >= 0.3 is 0 Å². The van der Waals surface area contributed by atoms with E-state index in [4.69, 9.17) is 19.0 Å². The number of nitrogens with zero attached hydrogens (tertiary/aromatic N) is 3. The number of rotatable bonds is 10. The molecular formula is C25H29N3O4S. The summed E-state index contributed by atoms with van der Waals surface area (Å²) in [4.78, 5) is 16.6. The van der Waals surface area contributed by atoms with Gasteiger partial charge in [0.05, 0.1) is 37.1 Å². The van der Waals surface area contributed by atoms with Crippen LogP contribution in [0.4, 0.5) is 0 Å². The predicted octanol–water partition coefficient (Wildman–Crippen LogP) is 4.95. The summed E-state index contributed by atoms with van der Waals surface area (Å²) in [6.45, 7) is 6.16. The van der Waals surface area contributed by atoms with Crippen LogP contribution in [0.5, 0.6) is 11.5 Å². The Morgan fingerprint density at radius 3 is 2.79 bits per heavy atom. The highest BCUT2D eigenvalue weighted by molar-refractivity contribution is 7.12. The lowest BCUT2D eigenvalue weighted by atomic mass is 10.1. The molecule has 3 aromatic rings. The van der Waals surface area contributed by atoms with Gasteiger partial charge in [0.15, 0.2) is 11.5 Å². The highest BCUT2D eigenvalue weighted by Gasteiger charge is 2.35. The molecule has 7 nitrogen and oxygen atoms in total. The van der Waals surface area contributed by atoms with Gasteiger partial charge in [-0.2, -0.15) is 5.10 Å². The predicted molar refractivity (Wildman–Crippen MR) is 129 cm³/mol. The van der Waals surface area contributed by atoms with Crippen molar-refractivity contribution in [2.45, 2.75) is 32.9 Å². The molecule has 0 fully saturated rings. The fourth-order valence-corrected chi connectivity index (χ4v) is 4.64. The van der Waals surface area contributed by atoms with E-state index in [0.717, 1.165) is 34.2 Å². The molecule has 174 valence electrons. The highest BCUT2D eigenvalue weighted by atomic mass is 32.1. The monoisotopic (exact) mass is 467 g/mol. The van der Waals surface area contributed by atoms with Crippen LogP contribution >= 0.6 is 11.3 Å². The molecular weight excluding hydrogens is 438 g/mol. The zero-order chi connectivity index (χ0) is 23.2. The van der Waals surface area contributed by atoms with Gasteiger partial charge in [0, 0.05) is 13.0 Å². The zero-order valence-electron chi connectivity index (χ0n) is 19.2. The maximum atomic E-state index is 13.4. The number of furan rings is 1. The number of amides is 1. The van der Waals surface area contributed by atoms with Crippen LogP contribution in [0.1, 0.15) is 42.5 Å². The third-order valence-electron chi connectivity index (χ3n) is 5.58. The lowest BCUT2D eigenvalue weighted by Crippen LogP contribution is -2.37. The third-order valence-corrected chi connectivity index (χ3v) is 6.50. The fraction of sp³-hybridized carbons (Fsp3) is 0.360. The molecule has 0 saturated heterocycles. The molecule has 0 aliphatic carbocycles. The Balaban J connectivity index is 1.49. The van der Waals surface area contributed by atoms with Crippen molar-refractivity contribution in [3.05, 3.63) is 70.3 Å². The molecule has 0 saturated carbocycles. The minimum absolute atomic E-state index is 0.0530. The summed E-state index contributed by atoms with van der Waals surface area (Å²) in [5.41, 5.74) is 1.97. The van der Waals surface area contributed by atoms with E-state index >= 15 is 0 Å². The van der Waals surface area contributed by atoms with Crippen molar-refractivity contribution in [1.29, 1.82) is 0 Å². The minimum Gasteiger partial charge on any atom is -0.493 e. The Kier molecular flexibility index (Phi) is 7.47. The van der Waals surface area contributed by atoms with Crippen molar-refractivity contribution in [1.82, 2.24) is 9.91 Å². The highest BCUT2D eigenvalue weighted by Crippen LogP contribution is 2.34. The van der Waals surface area contributed by atoms with Crippen LogP contribution in [-0.4, -0.2) is 48.3 Å². The summed E-state index contributed by atoms with van der Waals surface area (Å²) in [7, 11) is 1.63. The topological polar surface area (TPSA) is 67.5 Å². The Hall–Kier alpha value is -3.10. The standard InChI is InChI=1S/C25H29N3O4S/c1-4-27(16-18-10-11-22(31-5-2)23(14-18)30-3)17-25(29)28-20(21-8-6-12-32-21)15-19(26-28)24-9-7-13-33-24/h6-14,20H,4-5,15-17H2,1-3H3. The molecule has 0 spiro atoms. The largest absolute Gasteiger partial charge is 0.493 e. The lowest BCUT2D eigenvalue weighted by molar-refractivity contribution is -0.134. The van der Waals surface area contributed by atoms with Crippen LogP contribution in [-0.2, 0) is 11.3 Å². The Labute approximate surface area is 198 Å². The van der Waals surface area contributed by atoms with Crippen LogP contribution in [0, 0.1) is 0 Å². The number of carbonyl (C=O) groups is 1. The third kappa shape index (κ3) is 5.29. The average molecular weight is 468 g/mol. The number of ether oxygens (including phenoxy) is 2. The number of likely N-dealkylation sites (N-methyl/N-ethyl adjacent to an activating group) is 1. The Morgan fingerprint density at radius 1 is 1.24 bits per heavy atom. The number of methoxy groups -OCH3 is 1. The molecule has 0 radical (unpaired) electrons. The fourth-order valence-electron chi connectivity index (χ4n) is 3.92. The van der Waals surface area contributed by atoms with E-state index in [0.29, 0.717) is 25.3 Å². The molecule has 0 N–H and O–H groups in total. The quantitative estimate of drug-likeness (QED) is 0.422. The van der Waals surface area contributed by atoms with Gasteiger partial charge in [-0.25, -0.2) is 5.01 Å². The maximum Gasteiger partial charge on any atom is 0.257 e. The van der Waals surface area contributed by atoms with Gasteiger partial charge in [0.1, 0.15) is 11.8 Å². The Morgan fingerprint density at radius 2 is 2.12 bits per heavy atom. The van der Waals surface area contributed by atoms with Gasteiger partial charge in [-0.1, -0.05) is 19.1 Å². The summed E-state index contributed by atoms with van der Waals surface area (Å²) >= 11 is 1.63. The van der Waals surface area contributed by atoms with Crippen LogP contribution in [0.3, 0.4) is 0 Å². The number of hydrogen-bond acceptors (Lipinski definition) is 7. The Bertz CT molecular complexity index is 1080. The first-order chi connectivity index (χ1) is 16.1. The summed E-state index contributed by atoms with van der Waals surface area (Å²) in [5.74, 6) is 2.11. The van der Waals surface area contributed by atoms with Crippen molar-refractivity contribution >= 4 is 23.0 Å². The van der Waals surface area contributed by atoms with E-state index < -0.39 is 0 Å². The second-order valence-electron chi connectivity index (χ2n) is 7.72. The summed E-state index contributed by atoms with van der Waals surface area (Å²) in [6.07, 6.45) is 2.28. The second-order valence-corrected chi connectivity index (χ2v) is 8.67. The van der Waals surface area contributed by atoms with Gasteiger partial charge in [-0.15, -0.1) is 11.3 Å². The molecule has 8 heteroatoms. The molecule has 1 unspecified atom stereocenters. The van der Waals surface area contributed by atoms with Crippen molar-refractivity contribution in [2.75, 3.05) is 26.8 Å². The number of benzene rings is 1. The smallest absolute Gasteiger partial charge is 0.257 e. The van der Waals surface area contributed by atoms with Crippen molar-refractivity contribution < 1.29 is 18.7 Å². The van der Waals surface area contributed by atoms with Crippen LogP contribution < -0.4 is 9.47 Å². The first-order valence-corrected chi connectivity index (χ1v) is 12.0. The molecule has 4 rings (SSSR count). The molecule has 1 atom stereocenters. The molecule has 1 amide bonds. The first-order valence-electron chi connectivity index (χ1n) is 11.1. The number of thiophene rings is 1. The molecule has 3 heterocycles. The van der Waals surface area contributed by atoms with E-state index in [1.54, 1.807) is 29.7 Å². The van der Waals surface area contributed by atoms with Crippen LogP contribution in [0.15, 0.2) is 63.6 Å². The average Bonchev–Trinajstić information content (AvgIpc) is 3.60. The first kappa shape index (κ1) is 23.1. The second kappa shape index (κ2) is 10.7. The molecule has 2 aromatic heterocycles. The maximum absolute atomic E-state index is 13.4. The van der Waals surface area contributed by atoms with Crippen molar-refractivity contribution in [3.63, 3.8) is 0 Å². The van der Waals surface area contributed by atoms with E-state index in [1.165, 1.54) is 0 Å². The zero-order valence-corrected chi connectivity index (χ0v) is 20.0. The molecule has 1 aliphatic heterocycles. The number of hydrazone groups is 1. The lowest BCUT2D eigenvalue weighted by Gasteiger charge is -2.25. The number of hydrogen-bond donors (Lipinski definition) is 0. The van der Waals surface area contributed by atoms with Crippen LogP contribution in [0.25, 0.3) is 0 Å². The minimum atomic E-state index is -0.228. The molecule has 0 bridgehead atoms. The number of carbonyl (C=O) groups excluding carboxylic acids is 1. The summed E-state index contributed by atoms with van der Waals surface area (Å²) in [5, 5.41) is 8.32. The molecule has 1 aromatic carbocycles. The SMILES string of the molecule is CCOc1ccc(CN(CC)CC(=O)N2N=C(c3cccs3)CC2c2ccco2)cc1OC. The van der Waals surface area contributed by atoms with E-state index in [2.05, 4.69) is 4.90 Å². The van der Waals surface area contributed by atoms with Gasteiger partial charge in [-0.3, -0.25) is 9.69 Å². The molecule has 33 heavy (non-hydrogen) atoms. The van der Waals surface area contributed by atoms with Crippen molar-refractivity contribution in [3.8, 4) is 11.5 Å². The molecule has 1 aliphatic rings. The van der Waals surface area contributed by atoms with Gasteiger partial charge in [0.25, 0.3) is 5.91 Å².